The average molecular weight is 283 g/mol. The Hall–Kier alpha value is -0.810. The van der Waals surface area contributed by atoms with E-state index in [0.29, 0.717) is 12.6 Å². The molecule has 2 aliphatic rings. The number of ether oxygens (including phenoxy) is 1. The molecule has 5 heteroatoms. The molecular weight excluding hydrogens is 254 g/mol. The van der Waals surface area contributed by atoms with E-state index in [9.17, 15) is 4.79 Å². The second-order valence-corrected chi connectivity index (χ2v) is 5.79. The second-order valence-electron chi connectivity index (χ2n) is 5.79. The van der Waals surface area contributed by atoms with Crippen LogP contribution in [0.2, 0.25) is 0 Å². The second kappa shape index (κ2) is 7.84. The van der Waals surface area contributed by atoms with Gasteiger partial charge in [-0.1, -0.05) is 6.92 Å². The summed E-state index contributed by atoms with van der Waals surface area (Å²) in [5.74, 6) is 0. The van der Waals surface area contributed by atoms with Gasteiger partial charge in [-0.3, -0.25) is 4.90 Å². The highest BCUT2D eigenvalue weighted by atomic mass is 16.6. The van der Waals surface area contributed by atoms with Crippen LogP contribution in [0.25, 0.3) is 0 Å². The normalized spacial score (nSPS) is 28.4. The maximum atomic E-state index is 11.7. The summed E-state index contributed by atoms with van der Waals surface area (Å²) >= 11 is 0. The van der Waals surface area contributed by atoms with Gasteiger partial charge in [0.05, 0.1) is 6.61 Å². The lowest BCUT2D eigenvalue weighted by atomic mass is 9.90. The Morgan fingerprint density at radius 1 is 1.10 bits per heavy atom. The molecule has 1 aliphatic carbocycles. The Morgan fingerprint density at radius 2 is 1.75 bits per heavy atom. The molecule has 1 amide bonds. The van der Waals surface area contributed by atoms with E-state index < -0.39 is 0 Å². The highest BCUT2D eigenvalue weighted by Crippen LogP contribution is 2.24. The number of piperazine rings is 1. The minimum Gasteiger partial charge on any atom is -0.450 e. The van der Waals surface area contributed by atoms with Gasteiger partial charge in [-0.15, -0.1) is 0 Å². The highest BCUT2D eigenvalue weighted by Gasteiger charge is 2.29. The zero-order valence-corrected chi connectivity index (χ0v) is 12.9. The van der Waals surface area contributed by atoms with Gasteiger partial charge in [-0.25, -0.2) is 4.79 Å². The molecule has 0 unspecified atom stereocenters. The summed E-state index contributed by atoms with van der Waals surface area (Å²) in [5.41, 5.74) is 0. The van der Waals surface area contributed by atoms with E-state index in [1.54, 1.807) is 0 Å². The standard InChI is InChI=1S/C15H29N3O2/c1-3-16-13-5-7-14(8-6-13)17-9-11-18(12-10-17)15(19)20-4-2/h13-14,16H,3-12H2,1-2H3. The van der Waals surface area contributed by atoms with Crippen LogP contribution in [0.1, 0.15) is 39.5 Å². The van der Waals surface area contributed by atoms with Gasteiger partial charge in [0.2, 0.25) is 0 Å². The summed E-state index contributed by atoms with van der Waals surface area (Å²) in [6.07, 6.45) is 5.00. The number of carbonyl (C=O) groups is 1. The molecule has 1 saturated heterocycles. The Labute approximate surface area is 122 Å². The number of hydrogen-bond acceptors (Lipinski definition) is 4. The number of amides is 1. The minimum absolute atomic E-state index is 0.150. The van der Waals surface area contributed by atoms with Crippen molar-refractivity contribution in [2.45, 2.75) is 51.6 Å². The lowest BCUT2D eigenvalue weighted by molar-refractivity contribution is 0.0558. The smallest absolute Gasteiger partial charge is 0.409 e. The molecule has 0 radical (unpaired) electrons. The SMILES string of the molecule is CCNC1CCC(N2CCN(C(=O)OCC)CC2)CC1. The molecule has 0 aromatic rings. The molecule has 1 saturated carbocycles. The molecule has 0 aromatic heterocycles. The third-order valence-corrected chi connectivity index (χ3v) is 4.55. The Morgan fingerprint density at radius 3 is 2.30 bits per heavy atom. The van der Waals surface area contributed by atoms with E-state index in [1.165, 1.54) is 25.7 Å². The molecule has 0 bridgehead atoms. The first-order chi connectivity index (χ1) is 9.74. The zero-order valence-electron chi connectivity index (χ0n) is 12.9. The topological polar surface area (TPSA) is 44.8 Å². The number of nitrogens with one attached hydrogen (secondary N) is 1. The summed E-state index contributed by atoms with van der Waals surface area (Å²) in [5, 5.41) is 3.56. The van der Waals surface area contributed by atoms with E-state index in [1.807, 2.05) is 11.8 Å². The van der Waals surface area contributed by atoms with Crippen LogP contribution in [0, 0.1) is 0 Å². The molecule has 116 valence electrons. The van der Waals surface area contributed by atoms with E-state index in [4.69, 9.17) is 4.74 Å². The fourth-order valence-corrected chi connectivity index (χ4v) is 3.42. The van der Waals surface area contributed by atoms with Crippen LogP contribution in [0.5, 0.6) is 0 Å². The number of hydrogen-bond donors (Lipinski definition) is 1. The summed E-state index contributed by atoms with van der Waals surface area (Å²) in [6.45, 7) is 9.20. The van der Waals surface area contributed by atoms with Crippen molar-refractivity contribution in [3.05, 3.63) is 0 Å². The van der Waals surface area contributed by atoms with Gasteiger partial charge in [0, 0.05) is 38.3 Å². The van der Waals surface area contributed by atoms with Crippen LogP contribution in [0.4, 0.5) is 4.79 Å². The van der Waals surface area contributed by atoms with Crippen molar-refractivity contribution >= 4 is 6.09 Å². The van der Waals surface area contributed by atoms with Crippen LogP contribution in [0.15, 0.2) is 0 Å². The minimum atomic E-state index is -0.150. The van der Waals surface area contributed by atoms with E-state index in [-0.39, 0.29) is 6.09 Å². The van der Waals surface area contributed by atoms with Gasteiger partial charge in [-0.2, -0.15) is 0 Å². The maximum Gasteiger partial charge on any atom is 0.409 e. The maximum absolute atomic E-state index is 11.7. The van der Waals surface area contributed by atoms with Crippen LogP contribution in [-0.2, 0) is 4.74 Å². The third-order valence-electron chi connectivity index (χ3n) is 4.55. The zero-order chi connectivity index (χ0) is 14.4. The Kier molecular flexibility index (Phi) is 6.10. The highest BCUT2D eigenvalue weighted by molar-refractivity contribution is 5.67. The molecule has 2 rings (SSSR count). The predicted molar refractivity (Wildman–Crippen MR) is 79.9 cm³/mol. The van der Waals surface area contributed by atoms with E-state index in [2.05, 4.69) is 17.1 Å². The fourth-order valence-electron chi connectivity index (χ4n) is 3.42. The van der Waals surface area contributed by atoms with Gasteiger partial charge in [0.15, 0.2) is 0 Å². The van der Waals surface area contributed by atoms with Gasteiger partial charge >= 0.3 is 6.09 Å². The van der Waals surface area contributed by atoms with Gasteiger partial charge < -0.3 is 15.0 Å². The summed E-state index contributed by atoms with van der Waals surface area (Å²) in [7, 11) is 0. The molecule has 0 atom stereocenters. The van der Waals surface area contributed by atoms with E-state index in [0.717, 1.165) is 38.8 Å². The lowest BCUT2D eigenvalue weighted by Gasteiger charge is -2.41. The van der Waals surface area contributed by atoms with Crippen LogP contribution >= 0.6 is 0 Å². The Bertz CT molecular complexity index is 295. The fraction of sp³-hybridized carbons (Fsp3) is 0.933. The molecule has 1 N–H and O–H groups in total. The monoisotopic (exact) mass is 283 g/mol. The van der Waals surface area contributed by atoms with Crippen molar-refractivity contribution in [1.82, 2.24) is 15.1 Å². The number of nitrogens with zero attached hydrogens (tertiary/aromatic N) is 2. The summed E-state index contributed by atoms with van der Waals surface area (Å²) in [6, 6.07) is 1.44. The van der Waals surface area contributed by atoms with Crippen LogP contribution in [0.3, 0.4) is 0 Å². The van der Waals surface area contributed by atoms with Gasteiger partial charge in [-0.05, 0) is 39.2 Å². The molecule has 1 aliphatic heterocycles. The molecule has 0 aromatic carbocycles. The largest absolute Gasteiger partial charge is 0.450 e. The third kappa shape index (κ3) is 4.09. The first-order valence-electron chi connectivity index (χ1n) is 8.13. The molecule has 1 heterocycles. The first-order valence-corrected chi connectivity index (χ1v) is 8.13. The van der Waals surface area contributed by atoms with Crippen LogP contribution in [-0.4, -0.2) is 67.3 Å². The van der Waals surface area contributed by atoms with Gasteiger partial charge in [0.1, 0.15) is 0 Å². The predicted octanol–water partition coefficient (Wildman–Crippen LogP) is 1.68. The lowest BCUT2D eigenvalue weighted by Crippen LogP contribution is -2.53. The van der Waals surface area contributed by atoms with Crippen molar-refractivity contribution in [2.24, 2.45) is 0 Å². The van der Waals surface area contributed by atoms with E-state index >= 15 is 0 Å². The van der Waals surface area contributed by atoms with Crippen molar-refractivity contribution in [1.29, 1.82) is 0 Å². The quantitative estimate of drug-likeness (QED) is 0.852. The van der Waals surface area contributed by atoms with Crippen molar-refractivity contribution in [3.8, 4) is 0 Å². The van der Waals surface area contributed by atoms with Crippen molar-refractivity contribution in [2.75, 3.05) is 39.3 Å². The molecule has 0 spiro atoms. The molecule has 5 nitrogen and oxygen atoms in total. The van der Waals surface area contributed by atoms with Crippen molar-refractivity contribution in [3.63, 3.8) is 0 Å². The summed E-state index contributed by atoms with van der Waals surface area (Å²) in [4.78, 5) is 16.1. The Balaban J connectivity index is 1.70. The number of rotatable bonds is 4. The van der Waals surface area contributed by atoms with Gasteiger partial charge in [0.25, 0.3) is 0 Å². The van der Waals surface area contributed by atoms with Crippen LogP contribution < -0.4 is 5.32 Å². The summed E-state index contributed by atoms with van der Waals surface area (Å²) < 4.78 is 5.06. The molecular formula is C15H29N3O2. The molecule has 20 heavy (non-hydrogen) atoms. The molecule has 2 fully saturated rings. The first kappa shape index (κ1) is 15.6. The van der Waals surface area contributed by atoms with Crippen molar-refractivity contribution < 1.29 is 9.53 Å². The number of carbonyl (C=O) groups excluding carboxylic acids is 1. The average Bonchev–Trinajstić information content (AvgIpc) is 2.49.